The van der Waals surface area contributed by atoms with E-state index in [2.05, 4.69) is 5.32 Å². The summed E-state index contributed by atoms with van der Waals surface area (Å²) in [4.78, 5) is 12.9. The van der Waals surface area contributed by atoms with Gasteiger partial charge in [0.05, 0.1) is 6.04 Å². The third kappa shape index (κ3) is 3.28. The molecule has 0 radical (unpaired) electrons. The van der Waals surface area contributed by atoms with E-state index in [1.54, 1.807) is 54.6 Å². The molecule has 4 nitrogen and oxygen atoms in total. The highest BCUT2D eigenvalue weighted by molar-refractivity contribution is 5.96. The lowest BCUT2D eigenvalue weighted by molar-refractivity contribution is 0.0942. The van der Waals surface area contributed by atoms with Crippen LogP contribution in [-0.2, 0) is 0 Å². The molecule has 0 bridgehead atoms. The van der Waals surface area contributed by atoms with Crippen LogP contribution in [0.15, 0.2) is 91.0 Å². The Balaban J connectivity index is 1.89. The van der Waals surface area contributed by atoms with Crippen molar-refractivity contribution in [2.45, 2.75) is 6.04 Å². The van der Waals surface area contributed by atoms with Crippen molar-refractivity contribution in [3.63, 3.8) is 0 Å². The van der Waals surface area contributed by atoms with Gasteiger partial charge in [-0.2, -0.15) is 0 Å². The smallest absolute Gasteiger partial charge is 0.252 e. The third-order valence-electron chi connectivity index (χ3n) is 4.80. The predicted octanol–water partition coefficient (Wildman–Crippen LogP) is 4.77. The van der Waals surface area contributed by atoms with Crippen LogP contribution in [0.2, 0.25) is 0 Å². The zero-order chi connectivity index (χ0) is 19.5. The Morgan fingerprint density at radius 1 is 0.714 bits per heavy atom. The van der Waals surface area contributed by atoms with Crippen LogP contribution >= 0.6 is 0 Å². The molecule has 1 amide bonds. The standard InChI is InChI=1S/C24H19NO3/c26-20-13-7-6-12-19(20)23(25-24(28)17-9-2-1-3-10-17)22-18-11-5-4-8-16(18)14-15-21(22)27/h1-15,23,26-27H,(H,25,28). The Labute approximate surface area is 162 Å². The summed E-state index contributed by atoms with van der Waals surface area (Å²) < 4.78 is 0. The van der Waals surface area contributed by atoms with E-state index in [9.17, 15) is 15.0 Å². The molecule has 0 aliphatic heterocycles. The van der Waals surface area contributed by atoms with Gasteiger partial charge in [0.15, 0.2) is 0 Å². The van der Waals surface area contributed by atoms with Gasteiger partial charge in [0.25, 0.3) is 5.91 Å². The van der Waals surface area contributed by atoms with Gasteiger partial charge in [-0.1, -0.05) is 66.7 Å². The van der Waals surface area contributed by atoms with Gasteiger partial charge >= 0.3 is 0 Å². The van der Waals surface area contributed by atoms with Gasteiger partial charge in [-0.3, -0.25) is 4.79 Å². The van der Waals surface area contributed by atoms with Gasteiger partial charge < -0.3 is 15.5 Å². The molecule has 3 N–H and O–H groups in total. The summed E-state index contributed by atoms with van der Waals surface area (Å²) in [6.07, 6.45) is 0. The zero-order valence-electron chi connectivity index (χ0n) is 15.0. The van der Waals surface area contributed by atoms with Crippen molar-refractivity contribution in [2.75, 3.05) is 0 Å². The van der Waals surface area contributed by atoms with Crippen molar-refractivity contribution in [1.29, 1.82) is 0 Å². The van der Waals surface area contributed by atoms with Crippen LogP contribution in [0, 0.1) is 0 Å². The van der Waals surface area contributed by atoms with Crippen LogP contribution in [0.3, 0.4) is 0 Å². The number of amides is 1. The quantitative estimate of drug-likeness (QED) is 0.485. The number of carbonyl (C=O) groups excluding carboxylic acids is 1. The summed E-state index contributed by atoms with van der Waals surface area (Å²) >= 11 is 0. The molecule has 4 aromatic rings. The number of benzene rings is 4. The molecular formula is C24H19NO3. The highest BCUT2D eigenvalue weighted by atomic mass is 16.3. The van der Waals surface area contributed by atoms with Crippen LogP contribution < -0.4 is 5.32 Å². The van der Waals surface area contributed by atoms with Gasteiger partial charge in [-0.15, -0.1) is 0 Å². The average Bonchev–Trinajstić information content (AvgIpc) is 2.73. The number of phenolic OH excluding ortho intramolecular Hbond substituents is 2. The minimum absolute atomic E-state index is 0.0493. The van der Waals surface area contributed by atoms with E-state index < -0.39 is 6.04 Å². The summed E-state index contributed by atoms with van der Waals surface area (Å²) in [5.74, 6) is -0.185. The second-order valence-corrected chi connectivity index (χ2v) is 6.55. The van der Waals surface area contributed by atoms with Gasteiger partial charge in [0.2, 0.25) is 0 Å². The Kier molecular flexibility index (Phi) is 4.68. The minimum atomic E-state index is -0.722. The van der Waals surface area contributed by atoms with E-state index in [4.69, 9.17) is 0 Å². The largest absolute Gasteiger partial charge is 0.508 e. The Morgan fingerprint density at radius 3 is 2.18 bits per heavy atom. The fraction of sp³-hybridized carbons (Fsp3) is 0.0417. The van der Waals surface area contributed by atoms with Gasteiger partial charge in [0, 0.05) is 16.7 Å². The topological polar surface area (TPSA) is 69.6 Å². The summed E-state index contributed by atoms with van der Waals surface area (Å²) in [5, 5.41) is 25.9. The van der Waals surface area contributed by atoms with E-state index in [1.807, 2.05) is 36.4 Å². The fourth-order valence-corrected chi connectivity index (χ4v) is 3.43. The van der Waals surface area contributed by atoms with E-state index in [-0.39, 0.29) is 17.4 Å². The summed E-state index contributed by atoms with van der Waals surface area (Å²) in [6.45, 7) is 0. The second-order valence-electron chi connectivity index (χ2n) is 6.55. The number of rotatable bonds is 4. The highest BCUT2D eigenvalue weighted by Crippen LogP contribution is 2.38. The number of hydrogen-bond donors (Lipinski definition) is 3. The second kappa shape index (κ2) is 7.45. The average molecular weight is 369 g/mol. The SMILES string of the molecule is O=C(NC(c1ccccc1O)c1c(O)ccc2ccccc12)c1ccccc1. The first-order valence-corrected chi connectivity index (χ1v) is 8.99. The van der Waals surface area contributed by atoms with Crippen molar-refractivity contribution in [3.8, 4) is 11.5 Å². The number of carbonyl (C=O) groups is 1. The van der Waals surface area contributed by atoms with E-state index in [1.165, 1.54) is 0 Å². The predicted molar refractivity (Wildman–Crippen MR) is 109 cm³/mol. The summed E-state index contributed by atoms with van der Waals surface area (Å²) in [6, 6.07) is 26.0. The lowest BCUT2D eigenvalue weighted by Crippen LogP contribution is -2.29. The molecule has 28 heavy (non-hydrogen) atoms. The molecule has 0 spiro atoms. The molecule has 4 rings (SSSR count). The molecule has 0 fully saturated rings. The maximum absolute atomic E-state index is 12.9. The molecule has 0 saturated carbocycles. The Morgan fingerprint density at radius 2 is 1.39 bits per heavy atom. The first kappa shape index (κ1) is 17.6. The van der Waals surface area contributed by atoms with Crippen molar-refractivity contribution in [1.82, 2.24) is 5.32 Å². The van der Waals surface area contributed by atoms with E-state index in [0.717, 1.165) is 10.8 Å². The molecule has 0 aliphatic carbocycles. The third-order valence-corrected chi connectivity index (χ3v) is 4.80. The van der Waals surface area contributed by atoms with Gasteiger partial charge in [-0.25, -0.2) is 0 Å². The van der Waals surface area contributed by atoms with Crippen molar-refractivity contribution >= 4 is 16.7 Å². The number of aromatic hydroxyl groups is 2. The summed E-state index contributed by atoms with van der Waals surface area (Å²) in [7, 11) is 0. The molecule has 0 aromatic heterocycles. The van der Waals surface area contributed by atoms with Crippen LogP contribution in [0.25, 0.3) is 10.8 Å². The molecular weight excluding hydrogens is 350 g/mol. The van der Waals surface area contributed by atoms with Crippen molar-refractivity contribution < 1.29 is 15.0 Å². The maximum atomic E-state index is 12.9. The van der Waals surface area contributed by atoms with Crippen molar-refractivity contribution in [2.24, 2.45) is 0 Å². The molecule has 1 unspecified atom stereocenters. The van der Waals surface area contributed by atoms with E-state index >= 15 is 0 Å². The Bertz CT molecular complexity index is 1140. The monoisotopic (exact) mass is 369 g/mol. The lowest BCUT2D eigenvalue weighted by atomic mass is 9.92. The first-order chi connectivity index (χ1) is 13.6. The number of hydrogen-bond acceptors (Lipinski definition) is 3. The van der Waals surface area contributed by atoms with E-state index in [0.29, 0.717) is 16.7 Å². The molecule has 4 heteroatoms. The fourth-order valence-electron chi connectivity index (χ4n) is 3.43. The molecule has 138 valence electrons. The van der Waals surface area contributed by atoms with Crippen molar-refractivity contribution in [3.05, 3.63) is 108 Å². The Hall–Kier alpha value is -3.79. The normalized spacial score (nSPS) is 11.9. The zero-order valence-corrected chi connectivity index (χ0v) is 15.0. The van der Waals surface area contributed by atoms with Crippen LogP contribution in [0.4, 0.5) is 0 Å². The maximum Gasteiger partial charge on any atom is 0.252 e. The summed E-state index contributed by atoms with van der Waals surface area (Å²) in [5.41, 5.74) is 1.56. The van der Waals surface area contributed by atoms with Gasteiger partial charge in [-0.05, 0) is 35.0 Å². The molecule has 4 aromatic carbocycles. The minimum Gasteiger partial charge on any atom is -0.508 e. The number of nitrogens with one attached hydrogen (secondary N) is 1. The van der Waals surface area contributed by atoms with Crippen LogP contribution in [0.1, 0.15) is 27.5 Å². The number of para-hydroxylation sites is 1. The highest BCUT2D eigenvalue weighted by Gasteiger charge is 2.25. The van der Waals surface area contributed by atoms with Gasteiger partial charge in [0.1, 0.15) is 11.5 Å². The molecule has 0 heterocycles. The number of phenols is 2. The first-order valence-electron chi connectivity index (χ1n) is 8.99. The molecule has 0 saturated heterocycles. The molecule has 0 aliphatic rings. The molecule has 1 atom stereocenters. The number of fused-ring (bicyclic) bond motifs is 1. The van der Waals surface area contributed by atoms with Crippen LogP contribution in [-0.4, -0.2) is 16.1 Å². The van der Waals surface area contributed by atoms with Crippen LogP contribution in [0.5, 0.6) is 11.5 Å². The lowest BCUT2D eigenvalue weighted by Gasteiger charge is -2.23.